The molecule has 1 aromatic heterocycles. The first-order valence-electron chi connectivity index (χ1n) is 7.35. The van der Waals surface area contributed by atoms with Gasteiger partial charge in [-0.15, -0.1) is 5.10 Å². The first-order valence-corrected chi connectivity index (χ1v) is 7.35. The van der Waals surface area contributed by atoms with Crippen LogP contribution in [0, 0.1) is 6.92 Å². The van der Waals surface area contributed by atoms with Gasteiger partial charge in [0.1, 0.15) is 0 Å². The molecule has 0 aliphatic rings. The van der Waals surface area contributed by atoms with E-state index in [9.17, 15) is 4.79 Å². The minimum Gasteiger partial charge on any atom is -0.454 e. The fraction of sp³-hybridized carbons (Fsp3) is 0.375. The molecule has 0 saturated heterocycles. The molecule has 0 aliphatic heterocycles. The number of unbranched alkanes of at least 4 members (excludes halogenated alkanes) is 1. The molecule has 2 rings (SSSR count). The summed E-state index contributed by atoms with van der Waals surface area (Å²) in [6.45, 7) is 4.92. The minimum atomic E-state index is -0.411. The van der Waals surface area contributed by atoms with E-state index in [4.69, 9.17) is 4.74 Å². The third-order valence-corrected chi connectivity index (χ3v) is 3.16. The number of carbonyl (C=O) groups is 1. The lowest BCUT2D eigenvalue weighted by Crippen LogP contribution is -2.09. The van der Waals surface area contributed by atoms with Crippen LogP contribution in [0.15, 0.2) is 30.3 Å². The lowest BCUT2D eigenvalue weighted by atomic mass is 10.1. The van der Waals surface area contributed by atoms with Crippen LogP contribution in [-0.2, 0) is 22.7 Å². The molecule has 0 N–H and O–H groups in total. The summed E-state index contributed by atoms with van der Waals surface area (Å²) < 4.78 is 6.83. The topological polar surface area (TPSA) is 69.9 Å². The molecule has 0 spiro atoms. The molecule has 0 radical (unpaired) electrons. The van der Waals surface area contributed by atoms with Gasteiger partial charge in [-0.2, -0.15) is 0 Å². The van der Waals surface area contributed by atoms with Gasteiger partial charge >= 0.3 is 5.97 Å². The third kappa shape index (κ3) is 4.80. The van der Waals surface area contributed by atoms with E-state index < -0.39 is 5.97 Å². The summed E-state index contributed by atoms with van der Waals surface area (Å²) in [5.41, 5.74) is 2.13. The first kappa shape index (κ1) is 15.9. The Balaban J connectivity index is 1.85. The number of aromatic nitrogens is 4. The van der Waals surface area contributed by atoms with Gasteiger partial charge < -0.3 is 4.74 Å². The van der Waals surface area contributed by atoms with E-state index >= 15 is 0 Å². The van der Waals surface area contributed by atoms with E-state index in [-0.39, 0.29) is 6.61 Å². The Morgan fingerprint density at radius 2 is 2.09 bits per heavy atom. The Morgan fingerprint density at radius 3 is 2.82 bits per heavy atom. The summed E-state index contributed by atoms with van der Waals surface area (Å²) >= 11 is 0. The molecule has 0 saturated carbocycles. The Morgan fingerprint density at radius 1 is 1.32 bits per heavy atom. The van der Waals surface area contributed by atoms with Crippen LogP contribution >= 0.6 is 0 Å². The molecule has 0 unspecified atom stereocenters. The zero-order chi connectivity index (χ0) is 15.8. The molecule has 1 heterocycles. The number of aryl methyl sites for hydroxylation is 2. The van der Waals surface area contributed by atoms with Crippen molar-refractivity contribution in [2.24, 2.45) is 0 Å². The van der Waals surface area contributed by atoms with E-state index in [2.05, 4.69) is 22.4 Å². The van der Waals surface area contributed by atoms with Crippen LogP contribution in [0.2, 0.25) is 0 Å². The standard InChI is InChI=1S/C16H20N4O2/c1-3-4-11-20-15(17-18-19-20)12-22-16(21)10-9-14-7-5-13(2)6-8-14/h5-10H,3-4,11-12H2,1-2H3/b10-9+. The van der Waals surface area contributed by atoms with E-state index in [1.807, 2.05) is 31.2 Å². The number of hydrogen-bond acceptors (Lipinski definition) is 5. The van der Waals surface area contributed by atoms with E-state index in [0.29, 0.717) is 5.82 Å². The van der Waals surface area contributed by atoms with Crippen LogP contribution in [0.1, 0.15) is 36.7 Å². The molecule has 22 heavy (non-hydrogen) atoms. The van der Waals surface area contributed by atoms with Crippen molar-refractivity contribution in [3.05, 3.63) is 47.3 Å². The molecule has 1 aromatic carbocycles. The Kier molecular flexibility index (Phi) is 5.82. The normalized spacial score (nSPS) is 11.0. The SMILES string of the molecule is CCCCn1nnnc1COC(=O)/C=C/c1ccc(C)cc1. The van der Waals surface area contributed by atoms with Gasteiger partial charge in [0.15, 0.2) is 12.4 Å². The van der Waals surface area contributed by atoms with Gasteiger partial charge in [0.2, 0.25) is 0 Å². The third-order valence-electron chi connectivity index (χ3n) is 3.16. The van der Waals surface area contributed by atoms with Crippen molar-refractivity contribution in [3.63, 3.8) is 0 Å². The summed E-state index contributed by atoms with van der Waals surface area (Å²) in [4.78, 5) is 11.7. The van der Waals surface area contributed by atoms with Crippen molar-refractivity contribution in [2.75, 3.05) is 0 Å². The van der Waals surface area contributed by atoms with Gasteiger partial charge in [-0.3, -0.25) is 0 Å². The number of nitrogens with zero attached hydrogens (tertiary/aromatic N) is 4. The van der Waals surface area contributed by atoms with Crippen LogP contribution in [0.4, 0.5) is 0 Å². The zero-order valence-electron chi connectivity index (χ0n) is 12.9. The van der Waals surface area contributed by atoms with Crippen LogP contribution in [-0.4, -0.2) is 26.2 Å². The monoisotopic (exact) mass is 300 g/mol. The smallest absolute Gasteiger partial charge is 0.331 e. The summed E-state index contributed by atoms with van der Waals surface area (Å²) in [7, 11) is 0. The van der Waals surface area contributed by atoms with Crippen molar-refractivity contribution in [1.29, 1.82) is 0 Å². The van der Waals surface area contributed by atoms with Crippen LogP contribution < -0.4 is 0 Å². The van der Waals surface area contributed by atoms with Gasteiger partial charge in [-0.1, -0.05) is 43.2 Å². The number of rotatable bonds is 7. The van der Waals surface area contributed by atoms with Crippen molar-refractivity contribution < 1.29 is 9.53 Å². The van der Waals surface area contributed by atoms with Gasteiger partial charge in [-0.05, 0) is 35.4 Å². The largest absolute Gasteiger partial charge is 0.454 e. The number of esters is 1. The molecule has 6 nitrogen and oxygen atoms in total. The predicted molar refractivity (Wildman–Crippen MR) is 82.7 cm³/mol. The van der Waals surface area contributed by atoms with Gasteiger partial charge in [0.05, 0.1) is 0 Å². The Labute approximate surface area is 129 Å². The Hall–Kier alpha value is -2.50. The number of benzene rings is 1. The fourth-order valence-electron chi connectivity index (χ4n) is 1.83. The molecule has 116 valence electrons. The predicted octanol–water partition coefficient (Wildman–Crippen LogP) is 2.54. The molecular formula is C16H20N4O2. The highest BCUT2D eigenvalue weighted by atomic mass is 16.5. The van der Waals surface area contributed by atoms with E-state index in [1.165, 1.54) is 11.6 Å². The van der Waals surface area contributed by atoms with E-state index in [1.54, 1.807) is 10.8 Å². The van der Waals surface area contributed by atoms with Gasteiger partial charge in [-0.25, -0.2) is 9.48 Å². The highest BCUT2D eigenvalue weighted by Gasteiger charge is 2.07. The lowest BCUT2D eigenvalue weighted by molar-refractivity contribution is -0.139. The second-order valence-electron chi connectivity index (χ2n) is 5.02. The molecule has 0 atom stereocenters. The molecule has 0 aliphatic carbocycles. The maximum atomic E-state index is 11.7. The molecule has 6 heteroatoms. The van der Waals surface area contributed by atoms with Gasteiger partial charge in [0, 0.05) is 12.6 Å². The number of tetrazole rings is 1. The molecule has 2 aromatic rings. The fourth-order valence-corrected chi connectivity index (χ4v) is 1.83. The minimum absolute atomic E-state index is 0.0772. The number of carbonyl (C=O) groups excluding carboxylic acids is 1. The zero-order valence-corrected chi connectivity index (χ0v) is 12.9. The maximum Gasteiger partial charge on any atom is 0.331 e. The summed E-state index contributed by atoms with van der Waals surface area (Å²) in [6, 6.07) is 7.88. The second kappa shape index (κ2) is 8.07. The summed E-state index contributed by atoms with van der Waals surface area (Å²) in [5.74, 6) is 0.149. The van der Waals surface area contributed by atoms with Crippen LogP contribution in [0.3, 0.4) is 0 Å². The second-order valence-corrected chi connectivity index (χ2v) is 5.02. The molecule has 0 bridgehead atoms. The molecule has 0 amide bonds. The Bertz CT molecular complexity index is 632. The first-order chi connectivity index (χ1) is 10.7. The van der Waals surface area contributed by atoms with Crippen molar-refractivity contribution in [3.8, 4) is 0 Å². The van der Waals surface area contributed by atoms with Crippen molar-refractivity contribution >= 4 is 12.0 Å². The summed E-state index contributed by atoms with van der Waals surface area (Å²) in [5, 5.41) is 11.4. The number of ether oxygens (including phenoxy) is 1. The average Bonchev–Trinajstić information content (AvgIpc) is 2.97. The maximum absolute atomic E-state index is 11.7. The van der Waals surface area contributed by atoms with Crippen molar-refractivity contribution in [2.45, 2.75) is 39.8 Å². The van der Waals surface area contributed by atoms with Crippen LogP contribution in [0.25, 0.3) is 6.08 Å². The summed E-state index contributed by atoms with van der Waals surface area (Å²) in [6.07, 6.45) is 5.17. The highest BCUT2D eigenvalue weighted by Crippen LogP contribution is 2.05. The molecular weight excluding hydrogens is 280 g/mol. The lowest BCUT2D eigenvalue weighted by Gasteiger charge is -2.03. The average molecular weight is 300 g/mol. The van der Waals surface area contributed by atoms with E-state index in [0.717, 1.165) is 24.9 Å². The number of hydrogen-bond donors (Lipinski definition) is 0. The van der Waals surface area contributed by atoms with Gasteiger partial charge in [0.25, 0.3) is 0 Å². The highest BCUT2D eigenvalue weighted by molar-refractivity contribution is 5.86. The quantitative estimate of drug-likeness (QED) is 0.580. The van der Waals surface area contributed by atoms with Crippen molar-refractivity contribution in [1.82, 2.24) is 20.2 Å². The molecule has 0 fully saturated rings. The van der Waals surface area contributed by atoms with Crippen LogP contribution in [0.5, 0.6) is 0 Å².